The molecule has 1 heteroatoms. The topological polar surface area (TPSA) is 0 Å². The summed E-state index contributed by atoms with van der Waals surface area (Å²) in [4.78, 5) is 0. The van der Waals surface area contributed by atoms with Gasteiger partial charge in [-0.2, -0.15) is 0 Å². The van der Waals surface area contributed by atoms with Crippen molar-refractivity contribution in [3.63, 3.8) is 0 Å². The lowest BCUT2D eigenvalue weighted by Gasteiger charge is -2.28. The second-order valence-corrected chi connectivity index (χ2v) is 9.55. The van der Waals surface area contributed by atoms with Crippen LogP contribution in [0.4, 0.5) is 4.39 Å². The molecular formula is C32H35F. The Hall–Kier alpha value is -2.85. The minimum absolute atomic E-state index is 0.215. The zero-order chi connectivity index (χ0) is 23.0. The molecule has 0 N–H and O–H groups in total. The predicted octanol–water partition coefficient (Wildman–Crippen LogP) is 8.96. The van der Waals surface area contributed by atoms with E-state index in [1.54, 1.807) is 0 Å². The number of unbranched alkanes of at least 4 members (excludes halogenated alkanes) is 2. The molecule has 3 aromatic rings. The molecule has 1 aliphatic carbocycles. The van der Waals surface area contributed by atoms with Crippen molar-refractivity contribution in [2.75, 3.05) is 0 Å². The summed E-state index contributed by atoms with van der Waals surface area (Å²) in [5.41, 5.74) is 4.09. The maximum absolute atomic E-state index is 15.1. The molecule has 0 saturated heterocycles. The SMILES string of the molecule is C=CCC1CCC(c2ccc(C#Cc3ccc4cc(CCCCC)ccc4c3F)cc2)CC1. The molecule has 170 valence electrons. The van der Waals surface area contributed by atoms with E-state index >= 15 is 4.39 Å². The smallest absolute Gasteiger partial charge is 0.146 e. The molecule has 0 heterocycles. The molecule has 4 rings (SSSR count). The standard InChI is InChI=1S/C32H35F/c1-3-5-6-8-26-14-22-31-30(23-26)21-20-29(32(31)33)19-13-25-11-17-28(18-12-25)27-15-9-24(7-4-2)10-16-27/h4,11-12,14,17-18,20-24,27H,2-3,5-10,15-16H2,1H3. The van der Waals surface area contributed by atoms with Crippen LogP contribution in [0.15, 0.2) is 67.3 Å². The van der Waals surface area contributed by atoms with Crippen molar-refractivity contribution in [2.24, 2.45) is 5.92 Å². The Bertz CT molecular complexity index is 1130. The van der Waals surface area contributed by atoms with E-state index in [4.69, 9.17) is 0 Å². The lowest BCUT2D eigenvalue weighted by atomic mass is 9.77. The maximum Gasteiger partial charge on any atom is 0.146 e. The lowest BCUT2D eigenvalue weighted by molar-refractivity contribution is 0.328. The fourth-order valence-electron chi connectivity index (χ4n) is 5.12. The molecule has 0 atom stereocenters. The molecule has 33 heavy (non-hydrogen) atoms. The maximum atomic E-state index is 15.1. The van der Waals surface area contributed by atoms with Crippen LogP contribution in [0, 0.1) is 23.6 Å². The summed E-state index contributed by atoms with van der Waals surface area (Å²) in [6.07, 6.45) is 13.0. The van der Waals surface area contributed by atoms with Gasteiger partial charge in [0.05, 0.1) is 5.56 Å². The quantitative estimate of drug-likeness (QED) is 0.196. The highest BCUT2D eigenvalue weighted by atomic mass is 19.1. The molecule has 0 unspecified atom stereocenters. The summed E-state index contributed by atoms with van der Waals surface area (Å²) in [5, 5.41) is 1.61. The van der Waals surface area contributed by atoms with Gasteiger partial charge in [-0.25, -0.2) is 4.39 Å². The fraction of sp³-hybridized carbons (Fsp3) is 0.375. The van der Waals surface area contributed by atoms with E-state index in [-0.39, 0.29) is 5.82 Å². The Balaban J connectivity index is 1.44. The van der Waals surface area contributed by atoms with Gasteiger partial charge in [0.15, 0.2) is 0 Å². The summed E-state index contributed by atoms with van der Waals surface area (Å²) >= 11 is 0. The third-order valence-corrected chi connectivity index (χ3v) is 7.16. The highest BCUT2D eigenvalue weighted by Gasteiger charge is 2.21. The number of fused-ring (bicyclic) bond motifs is 1. The molecule has 0 bridgehead atoms. The van der Waals surface area contributed by atoms with Crippen LogP contribution in [0.25, 0.3) is 10.8 Å². The molecule has 0 amide bonds. The van der Waals surface area contributed by atoms with E-state index in [1.165, 1.54) is 56.1 Å². The van der Waals surface area contributed by atoms with Gasteiger partial charge in [-0.15, -0.1) is 6.58 Å². The average Bonchev–Trinajstić information content (AvgIpc) is 2.85. The number of allylic oxidation sites excluding steroid dienone is 1. The van der Waals surface area contributed by atoms with Gasteiger partial charge in [0.25, 0.3) is 0 Å². The van der Waals surface area contributed by atoms with E-state index in [2.05, 4.69) is 67.8 Å². The first-order chi connectivity index (χ1) is 16.2. The number of hydrogen-bond acceptors (Lipinski definition) is 0. The number of rotatable bonds is 7. The van der Waals surface area contributed by atoms with Crippen molar-refractivity contribution < 1.29 is 4.39 Å². The van der Waals surface area contributed by atoms with Gasteiger partial charge in [0, 0.05) is 10.9 Å². The van der Waals surface area contributed by atoms with Crippen molar-refractivity contribution in [1.82, 2.24) is 0 Å². The van der Waals surface area contributed by atoms with Gasteiger partial charge in [0.2, 0.25) is 0 Å². The van der Waals surface area contributed by atoms with Gasteiger partial charge in [-0.05, 0) is 91.5 Å². The molecule has 1 saturated carbocycles. The summed E-state index contributed by atoms with van der Waals surface area (Å²) in [6, 6.07) is 18.5. The predicted molar refractivity (Wildman–Crippen MR) is 139 cm³/mol. The third-order valence-electron chi connectivity index (χ3n) is 7.16. The van der Waals surface area contributed by atoms with Crippen molar-refractivity contribution in [2.45, 2.75) is 70.6 Å². The number of hydrogen-bond donors (Lipinski definition) is 0. The Kier molecular flexibility index (Phi) is 8.01. The molecular weight excluding hydrogens is 403 g/mol. The monoisotopic (exact) mass is 438 g/mol. The zero-order valence-corrected chi connectivity index (χ0v) is 19.9. The molecule has 0 spiro atoms. The van der Waals surface area contributed by atoms with Crippen LogP contribution in [-0.4, -0.2) is 0 Å². The summed E-state index contributed by atoms with van der Waals surface area (Å²) in [6.45, 7) is 6.09. The van der Waals surface area contributed by atoms with Crippen LogP contribution in [0.1, 0.15) is 86.5 Å². The Morgan fingerprint density at radius 2 is 1.73 bits per heavy atom. The third kappa shape index (κ3) is 5.94. The Morgan fingerprint density at radius 1 is 0.939 bits per heavy atom. The first-order valence-corrected chi connectivity index (χ1v) is 12.6. The van der Waals surface area contributed by atoms with E-state index < -0.39 is 0 Å². The highest BCUT2D eigenvalue weighted by molar-refractivity contribution is 5.85. The van der Waals surface area contributed by atoms with Crippen molar-refractivity contribution in [3.8, 4) is 11.8 Å². The number of aryl methyl sites for hydroxylation is 1. The van der Waals surface area contributed by atoms with Crippen molar-refractivity contribution >= 4 is 10.8 Å². The summed E-state index contributed by atoms with van der Waals surface area (Å²) in [5.74, 6) is 7.48. The molecule has 1 fully saturated rings. The van der Waals surface area contributed by atoms with Gasteiger partial charge in [-0.1, -0.05) is 74.1 Å². The second kappa shape index (κ2) is 11.3. The van der Waals surface area contributed by atoms with E-state index in [9.17, 15) is 0 Å². The van der Waals surface area contributed by atoms with Gasteiger partial charge in [0.1, 0.15) is 5.82 Å². The van der Waals surface area contributed by atoms with Gasteiger partial charge >= 0.3 is 0 Å². The number of benzene rings is 3. The summed E-state index contributed by atoms with van der Waals surface area (Å²) < 4.78 is 15.1. The van der Waals surface area contributed by atoms with E-state index in [0.29, 0.717) is 16.9 Å². The first kappa shape index (κ1) is 23.3. The molecule has 0 nitrogen and oxygen atoms in total. The fourth-order valence-corrected chi connectivity index (χ4v) is 5.12. The van der Waals surface area contributed by atoms with Crippen LogP contribution in [-0.2, 0) is 6.42 Å². The molecule has 1 aliphatic rings. The molecule has 3 aromatic carbocycles. The van der Waals surface area contributed by atoms with Crippen LogP contribution < -0.4 is 0 Å². The van der Waals surface area contributed by atoms with Crippen LogP contribution in [0.3, 0.4) is 0 Å². The van der Waals surface area contributed by atoms with E-state index in [0.717, 1.165) is 29.7 Å². The molecule has 0 aromatic heterocycles. The minimum Gasteiger partial charge on any atom is -0.205 e. The lowest BCUT2D eigenvalue weighted by Crippen LogP contribution is -2.12. The zero-order valence-electron chi connectivity index (χ0n) is 19.9. The van der Waals surface area contributed by atoms with E-state index in [1.807, 2.05) is 18.2 Å². The number of halogens is 1. The van der Waals surface area contributed by atoms with Gasteiger partial charge in [-0.3, -0.25) is 0 Å². The highest BCUT2D eigenvalue weighted by Crippen LogP contribution is 2.37. The Labute approximate surface area is 198 Å². The molecule has 0 aliphatic heterocycles. The normalized spacial score (nSPS) is 18.0. The van der Waals surface area contributed by atoms with Gasteiger partial charge < -0.3 is 0 Å². The minimum atomic E-state index is -0.215. The van der Waals surface area contributed by atoms with Crippen LogP contribution in [0.2, 0.25) is 0 Å². The second-order valence-electron chi connectivity index (χ2n) is 9.55. The largest absolute Gasteiger partial charge is 0.205 e. The summed E-state index contributed by atoms with van der Waals surface area (Å²) in [7, 11) is 0. The first-order valence-electron chi connectivity index (χ1n) is 12.6. The Morgan fingerprint density at radius 3 is 2.45 bits per heavy atom. The molecule has 0 radical (unpaired) electrons. The van der Waals surface area contributed by atoms with Crippen LogP contribution in [0.5, 0.6) is 0 Å². The van der Waals surface area contributed by atoms with Crippen molar-refractivity contribution in [1.29, 1.82) is 0 Å². The van der Waals surface area contributed by atoms with Crippen molar-refractivity contribution in [3.05, 3.63) is 95.3 Å². The van der Waals surface area contributed by atoms with Crippen LogP contribution >= 0.6 is 0 Å². The average molecular weight is 439 g/mol.